The monoisotopic (exact) mass is 463 g/mol. The summed E-state index contributed by atoms with van der Waals surface area (Å²) in [4.78, 5) is 17.0. The molecule has 0 fully saturated rings. The number of carbonyl (C=O) groups excluding carboxylic acids is 1. The molecule has 0 unspecified atom stereocenters. The first-order chi connectivity index (χ1) is 16.0. The number of carbonyl (C=O) groups is 1. The Kier molecular flexibility index (Phi) is 7.15. The Morgan fingerprint density at radius 3 is 2.61 bits per heavy atom. The molecule has 6 nitrogen and oxygen atoms in total. The summed E-state index contributed by atoms with van der Waals surface area (Å²) in [5.74, 6) is 2.01. The van der Waals surface area contributed by atoms with Crippen LogP contribution in [0.25, 0.3) is 11.0 Å². The third-order valence-electron chi connectivity index (χ3n) is 5.49. The molecule has 0 saturated heterocycles. The fourth-order valence-electron chi connectivity index (χ4n) is 3.55. The first kappa shape index (κ1) is 22.7. The van der Waals surface area contributed by atoms with E-state index >= 15 is 0 Å². The van der Waals surface area contributed by atoms with Crippen LogP contribution in [0.15, 0.2) is 66.7 Å². The Morgan fingerprint density at radius 2 is 1.79 bits per heavy atom. The normalized spacial score (nSPS) is 10.9. The van der Waals surface area contributed by atoms with E-state index in [0.29, 0.717) is 30.5 Å². The number of rotatable bonds is 9. The number of aromatic nitrogens is 2. The number of para-hydroxylation sites is 2. The molecule has 7 heteroatoms. The predicted octanol–water partition coefficient (Wildman–Crippen LogP) is 5.08. The lowest BCUT2D eigenvalue weighted by Gasteiger charge is -2.14. The first-order valence-electron chi connectivity index (χ1n) is 10.8. The van der Waals surface area contributed by atoms with Gasteiger partial charge in [0.2, 0.25) is 0 Å². The van der Waals surface area contributed by atoms with Gasteiger partial charge in [-0.15, -0.1) is 0 Å². The van der Waals surface area contributed by atoms with Crippen LogP contribution in [-0.2, 0) is 17.9 Å². The molecule has 3 aromatic carbocycles. The number of nitrogens with one attached hydrogen (secondary N) is 1. The lowest BCUT2D eigenvalue weighted by molar-refractivity contribution is -0.123. The zero-order valence-corrected chi connectivity index (χ0v) is 19.4. The van der Waals surface area contributed by atoms with Crippen LogP contribution in [0.3, 0.4) is 0 Å². The van der Waals surface area contributed by atoms with Crippen molar-refractivity contribution in [1.82, 2.24) is 14.9 Å². The summed E-state index contributed by atoms with van der Waals surface area (Å²) in [5.41, 5.74) is 4.22. The molecule has 33 heavy (non-hydrogen) atoms. The highest BCUT2D eigenvalue weighted by Gasteiger charge is 2.12. The number of imidazole rings is 1. The second-order valence-electron chi connectivity index (χ2n) is 7.73. The molecule has 1 amide bonds. The molecule has 0 aliphatic rings. The Labute approximate surface area is 198 Å². The highest BCUT2D eigenvalue weighted by molar-refractivity contribution is 6.30. The van der Waals surface area contributed by atoms with Gasteiger partial charge in [-0.3, -0.25) is 4.79 Å². The van der Waals surface area contributed by atoms with Crippen LogP contribution in [0, 0.1) is 13.8 Å². The molecule has 1 aromatic heterocycles. The minimum absolute atomic E-state index is 0.0857. The van der Waals surface area contributed by atoms with Gasteiger partial charge in [0.1, 0.15) is 23.9 Å². The Balaban J connectivity index is 1.39. The fraction of sp³-hybridized carbons (Fsp3) is 0.231. The van der Waals surface area contributed by atoms with Crippen molar-refractivity contribution in [2.45, 2.75) is 26.9 Å². The number of hydrogen-bond acceptors (Lipinski definition) is 4. The summed E-state index contributed by atoms with van der Waals surface area (Å²) in [5, 5.41) is 3.51. The number of hydrogen-bond donors (Lipinski definition) is 1. The van der Waals surface area contributed by atoms with Gasteiger partial charge in [0.25, 0.3) is 5.91 Å². The van der Waals surface area contributed by atoms with Gasteiger partial charge < -0.3 is 19.4 Å². The molecule has 4 aromatic rings. The molecule has 0 atom stereocenters. The van der Waals surface area contributed by atoms with Gasteiger partial charge in [-0.1, -0.05) is 35.9 Å². The van der Waals surface area contributed by atoms with Crippen molar-refractivity contribution in [1.29, 1.82) is 0 Å². The largest absolute Gasteiger partial charge is 0.491 e. The van der Waals surface area contributed by atoms with E-state index in [1.807, 2.05) is 36.4 Å². The van der Waals surface area contributed by atoms with E-state index in [0.717, 1.165) is 28.2 Å². The number of ether oxygens (including phenoxy) is 2. The van der Waals surface area contributed by atoms with Crippen LogP contribution in [0.4, 0.5) is 0 Å². The van der Waals surface area contributed by atoms with Crippen LogP contribution in [0.1, 0.15) is 17.0 Å². The topological polar surface area (TPSA) is 65.4 Å². The summed E-state index contributed by atoms with van der Waals surface area (Å²) >= 11 is 5.87. The molecule has 0 spiro atoms. The highest BCUT2D eigenvalue weighted by atomic mass is 35.5. The minimum atomic E-state index is -0.227. The number of fused-ring (bicyclic) bond motifs is 1. The van der Waals surface area contributed by atoms with Gasteiger partial charge in [-0.25, -0.2) is 4.98 Å². The van der Waals surface area contributed by atoms with Gasteiger partial charge in [-0.05, 0) is 67.4 Å². The maximum Gasteiger partial charge on any atom is 0.258 e. The number of amides is 1. The summed E-state index contributed by atoms with van der Waals surface area (Å²) in [7, 11) is 0. The van der Waals surface area contributed by atoms with Gasteiger partial charge in [0, 0.05) is 5.02 Å². The lowest BCUT2D eigenvalue weighted by atomic mass is 10.1. The van der Waals surface area contributed by atoms with Gasteiger partial charge in [-0.2, -0.15) is 0 Å². The van der Waals surface area contributed by atoms with E-state index in [4.69, 9.17) is 26.1 Å². The maximum atomic E-state index is 12.3. The van der Waals surface area contributed by atoms with Crippen molar-refractivity contribution in [2.75, 3.05) is 13.2 Å². The van der Waals surface area contributed by atoms with E-state index in [1.54, 1.807) is 24.3 Å². The summed E-state index contributed by atoms with van der Waals surface area (Å²) in [6.45, 7) is 5.44. The molecule has 170 valence electrons. The van der Waals surface area contributed by atoms with Crippen molar-refractivity contribution in [2.24, 2.45) is 0 Å². The smallest absolute Gasteiger partial charge is 0.258 e. The van der Waals surface area contributed by atoms with Crippen molar-refractivity contribution >= 4 is 28.5 Å². The number of halogens is 1. The van der Waals surface area contributed by atoms with Crippen LogP contribution < -0.4 is 14.8 Å². The lowest BCUT2D eigenvalue weighted by Crippen LogP contribution is -2.29. The Bertz CT molecular complexity index is 1250. The quantitative estimate of drug-likeness (QED) is 0.376. The first-order valence-corrected chi connectivity index (χ1v) is 11.2. The molecule has 0 saturated carbocycles. The summed E-state index contributed by atoms with van der Waals surface area (Å²) in [6, 6.07) is 20.9. The van der Waals surface area contributed by atoms with E-state index < -0.39 is 0 Å². The average Bonchev–Trinajstić information content (AvgIpc) is 3.17. The van der Waals surface area contributed by atoms with Gasteiger partial charge in [0.15, 0.2) is 6.61 Å². The maximum absolute atomic E-state index is 12.3. The van der Waals surface area contributed by atoms with Crippen molar-refractivity contribution in [3.8, 4) is 11.5 Å². The fourth-order valence-corrected chi connectivity index (χ4v) is 3.67. The molecule has 1 N–H and O–H groups in total. The third-order valence-corrected chi connectivity index (χ3v) is 5.74. The van der Waals surface area contributed by atoms with E-state index in [9.17, 15) is 4.79 Å². The molecular formula is C26H26ClN3O3. The number of aryl methyl sites for hydroxylation is 1. The number of nitrogens with zero attached hydrogens (tertiary/aromatic N) is 2. The van der Waals surface area contributed by atoms with Crippen molar-refractivity contribution < 1.29 is 14.3 Å². The molecule has 1 heterocycles. The Morgan fingerprint density at radius 1 is 1.00 bits per heavy atom. The predicted molar refractivity (Wildman–Crippen MR) is 130 cm³/mol. The molecule has 0 radical (unpaired) electrons. The number of benzene rings is 3. The van der Waals surface area contributed by atoms with Crippen LogP contribution in [0.5, 0.6) is 11.5 Å². The van der Waals surface area contributed by atoms with E-state index in [1.165, 1.54) is 5.56 Å². The second-order valence-corrected chi connectivity index (χ2v) is 8.17. The third kappa shape index (κ3) is 5.65. The summed E-state index contributed by atoms with van der Waals surface area (Å²) in [6.07, 6.45) is 0. The standard InChI is InChI=1S/C26H26ClN3O3/c1-18-6-5-9-24(19(18)2)32-15-14-30-23-8-4-3-7-22(23)29-25(30)16-28-26(31)17-33-21-12-10-20(27)11-13-21/h3-13H,14-17H2,1-2H3,(H,28,31). The van der Waals surface area contributed by atoms with Crippen LogP contribution in [-0.4, -0.2) is 28.7 Å². The summed E-state index contributed by atoms with van der Waals surface area (Å²) < 4.78 is 13.7. The minimum Gasteiger partial charge on any atom is -0.491 e. The van der Waals surface area contributed by atoms with Crippen molar-refractivity contribution in [3.05, 3.63) is 88.7 Å². The molecule has 0 aliphatic heterocycles. The van der Waals surface area contributed by atoms with E-state index in [2.05, 4.69) is 29.8 Å². The zero-order chi connectivity index (χ0) is 23.2. The van der Waals surface area contributed by atoms with Crippen LogP contribution in [0.2, 0.25) is 5.02 Å². The van der Waals surface area contributed by atoms with Crippen LogP contribution >= 0.6 is 11.6 Å². The van der Waals surface area contributed by atoms with E-state index in [-0.39, 0.29) is 12.5 Å². The van der Waals surface area contributed by atoms with Gasteiger partial charge in [0.05, 0.1) is 24.1 Å². The Hall–Kier alpha value is -3.51. The molecular weight excluding hydrogens is 438 g/mol. The van der Waals surface area contributed by atoms with Gasteiger partial charge >= 0.3 is 0 Å². The molecule has 0 bridgehead atoms. The molecule has 4 rings (SSSR count). The molecule has 0 aliphatic carbocycles. The highest BCUT2D eigenvalue weighted by Crippen LogP contribution is 2.21. The zero-order valence-electron chi connectivity index (χ0n) is 18.7. The van der Waals surface area contributed by atoms with Crippen molar-refractivity contribution in [3.63, 3.8) is 0 Å². The SMILES string of the molecule is Cc1cccc(OCCn2c(CNC(=O)COc3ccc(Cl)cc3)nc3ccccc32)c1C. The second kappa shape index (κ2) is 10.4. The average molecular weight is 464 g/mol.